The molecular formula is C21H18F2N2O3. The van der Waals surface area contributed by atoms with Gasteiger partial charge >= 0.3 is 0 Å². The molecule has 1 fully saturated rings. The maximum absolute atomic E-state index is 14.4. The van der Waals surface area contributed by atoms with E-state index >= 15 is 0 Å². The number of halogens is 2. The molecule has 2 heterocycles. The number of aromatic hydroxyl groups is 1. The van der Waals surface area contributed by atoms with Crippen LogP contribution in [0.2, 0.25) is 0 Å². The summed E-state index contributed by atoms with van der Waals surface area (Å²) < 4.78 is 34.4. The molecule has 1 atom stereocenters. The Labute approximate surface area is 160 Å². The summed E-state index contributed by atoms with van der Waals surface area (Å²) in [5.41, 5.74) is 0.889. The highest BCUT2D eigenvalue weighted by atomic mass is 19.3. The van der Waals surface area contributed by atoms with E-state index in [2.05, 4.69) is 4.98 Å². The number of nitrogens with zero attached hydrogens (tertiary/aromatic N) is 2. The molecule has 5 nitrogen and oxygen atoms in total. The number of likely N-dealkylation sites (tertiary alicyclic amines) is 1. The van der Waals surface area contributed by atoms with Gasteiger partial charge in [0.1, 0.15) is 5.75 Å². The van der Waals surface area contributed by atoms with E-state index in [-0.39, 0.29) is 30.3 Å². The Morgan fingerprint density at radius 2 is 1.96 bits per heavy atom. The van der Waals surface area contributed by atoms with Crippen molar-refractivity contribution in [1.82, 2.24) is 9.88 Å². The number of phenols is 1. The van der Waals surface area contributed by atoms with Crippen LogP contribution in [0.15, 0.2) is 60.7 Å². The molecule has 1 unspecified atom stereocenters. The van der Waals surface area contributed by atoms with E-state index in [9.17, 15) is 18.7 Å². The number of carbonyl (C=O) groups is 1. The SMILES string of the molecule is O=C(c1cccc(O)c1)N1CCC(F)(F)C(Oc2ccc3ccccc3n2)C1. The molecule has 1 N–H and O–H groups in total. The number of ether oxygens (including phenoxy) is 1. The largest absolute Gasteiger partial charge is 0.508 e. The summed E-state index contributed by atoms with van der Waals surface area (Å²) in [6, 6.07) is 16.5. The molecule has 0 saturated carbocycles. The zero-order valence-corrected chi connectivity index (χ0v) is 14.9. The van der Waals surface area contributed by atoms with Crippen LogP contribution in [0.25, 0.3) is 10.9 Å². The minimum atomic E-state index is -3.08. The number of hydrogen-bond donors (Lipinski definition) is 1. The summed E-state index contributed by atoms with van der Waals surface area (Å²) >= 11 is 0. The molecule has 7 heteroatoms. The molecule has 1 aliphatic heterocycles. The number of rotatable bonds is 3. The normalized spacial score (nSPS) is 18.8. The summed E-state index contributed by atoms with van der Waals surface area (Å²) in [6.07, 6.45) is -2.01. The molecule has 0 radical (unpaired) electrons. The smallest absolute Gasteiger partial charge is 0.287 e. The van der Waals surface area contributed by atoms with Crippen molar-refractivity contribution in [2.45, 2.75) is 18.4 Å². The molecule has 1 amide bonds. The van der Waals surface area contributed by atoms with Crippen molar-refractivity contribution in [1.29, 1.82) is 0 Å². The van der Waals surface area contributed by atoms with Gasteiger partial charge in [-0.05, 0) is 30.3 Å². The third kappa shape index (κ3) is 3.60. The second-order valence-electron chi connectivity index (χ2n) is 6.76. The fraction of sp³-hybridized carbons (Fsp3) is 0.238. The molecule has 0 aliphatic carbocycles. The maximum atomic E-state index is 14.4. The Morgan fingerprint density at radius 3 is 2.79 bits per heavy atom. The van der Waals surface area contributed by atoms with Crippen LogP contribution in [0.4, 0.5) is 8.78 Å². The summed E-state index contributed by atoms with van der Waals surface area (Å²) in [6.45, 7) is -0.359. The number of benzene rings is 2. The predicted molar refractivity (Wildman–Crippen MR) is 99.7 cm³/mol. The highest BCUT2D eigenvalue weighted by Gasteiger charge is 2.47. The van der Waals surface area contributed by atoms with Gasteiger partial charge in [-0.3, -0.25) is 4.79 Å². The van der Waals surface area contributed by atoms with Crippen molar-refractivity contribution < 1.29 is 23.4 Å². The minimum absolute atomic E-state index is 0.0543. The van der Waals surface area contributed by atoms with Crippen molar-refractivity contribution in [3.63, 3.8) is 0 Å². The van der Waals surface area contributed by atoms with Gasteiger partial charge in [0.05, 0.1) is 12.1 Å². The Balaban J connectivity index is 1.55. The van der Waals surface area contributed by atoms with E-state index in [0.717, 1.165) is 5.39 Å². The molecule has 3 aromatic rings. The molecule has 0 bridgehead atoms. The quantitative estimate of drug-likeness (QED) is 0.745. The number of amides is 1. The highest BCUT2D eigenvalue weighted by molar-refractivity contribution is 5.94. The van der Waals surface area contributed by atoms with Crippen LogP contribution in [0.5, 0.6) is 11.6 Å². The number of pyridine rings is 1. The first-order valence-corrected chi connectivity index (χ1v) is 8.91. The number of para-hydroxylation sites is 1. The first-order chi connectivity index (χ1) is 13.4. The Morgan fingerprint density at radius 1 is 1.14 bits per heavy atom. The lowest BCUT2D eigenvalue weighted by atomic mass is 10.0. The third-order valence-corrected chi connectivity index (χ3v) is 4.79. The molecule has 4 rings (SSSR count). The fourth-order valence-corrected chi connectivity index (χ4v) is 3.26. The van der Waals surface area contributed by atoms with Crippen LogP contribution in [0.3, 0.4) is 0 Å². The van der Waals surface area contributed by atoms with Crippen LogP contribution < -0.4 is 4.74 Å². The van der Waals surface area contributed by atoms with Crippen LogP contribution in [0, 0.1) is 0 Å². The van der Waals surface area contributed by atoms with Crippen molar-refractivity contribution in [2.75, 3.05) is 13.1 Å². The molecule has 0 spiro atoms. The van der Waals surface area contributed by atoms with Crippen molar-refractivity contribution in [3.8, 4) is 11.6 Å². The fourth-order valence-electron chi connectivity index (χ4n) is 3.26. The van der Waals surface area contributed by atoms with Crippen LogP contribution >= 0.6 is 0 Å². The Kier molecular flexibility index (Phi) is 4.58. The van der Waals surface area contributed by atoms with Gasteiger partial charge in [0.2, 0.25) is 5.88 Å². The summed E-state index contributed by atoms with van der Waals surface area (Å²) in [5, 5.41) is 10.4. The average molecular weight is 384 g/mol. The van der Waals surface area contributed by atoms with E-state index in [4.69, 9.17) is 4.74 Å². The van der Waals surface area contributed by atoms with Crippen LogP contribution in [-0.4, -0.2) is 46.0 Å². The van der Waals surface area contributed by atoms with E-state index in [1.807, 2.05) is 18.2 Å². The molecule has 28 heavy (non-hydrogen) atoms. The van der Waals surface area contributed by atoms with Gasteiger partial charge < -0.3 is 14.7 Å². The van der Waals surface area contributed by atoms with Gasteiger partial charge in [0.15, 0.2) is 6.10 Å². The topological polar surface area (TPSA) is 62.7 Å². The van der Waals surface area contributed by atoms with Gasteiger partial charge in [0, 0.05) is 30.0 Å². The average Bonchev–Trinajstić information content (AvgIpc) is 2.69. The lowest BCUT2D eigenvalue weighted by Gasteiger charge is -2.38. The molecule has 1 aromatic heterocycles. The zero-order valence-electron chi connectivity index (χ0n) is 14.9. The van der Waals surface area contributed by atoms with Crippen molar-refractivity contribution in [3.05, 3.63) is 66.2 Å². The summed E-state index contributed by atoms with van der Waals surface area (Å²) in [7, 11) is 0. The number of hydrogen-bond acceptors (Lipinski definition) is 4. The summed E-state index contributed by atoms with van der Waals surface area (Å²) in [5.74, 6) is -3.47. The number of aromatic nitrogens is 1. The zero-order chi connectivity index (χ0) is 19.7. The van der Waals surface area contributed by atoms with Crippen LogP contribution in [-0.2, 0) is 0 Å². The second-order valence-corrected chi connectivity index (χ2v) is 6.76. The second kappa shape index (κ2) is 7.07. The molecule has 144 valence electrons. The van der Waals surface area contributed by atoms with Gasteiger partial charge in [-0.1, -0.05) is 24.3 Å². The number of alkyl halides is 2. The van der Waals surface area contributed by atoms with E-state index in [1.54, 1.807) is 18.2 Å². The standard InChI is InChI=1S/C21H18F2N2O3/c22-21(23)10-11-25(20(27)15-5-3-6-16(26)12-15)13-18(21)28-19-9-8-14-4-1-2-7-17(14)24-19/h1-9,12,18,26H,10-11,13H2. The van der Waals surface area contributed by atoms with E-state index in [1.165, 1.54) is 29.2 Å². The van der Waals surface area contributed by atoms with Crippen molar-refractivity contribution >= 4 is 16.8 Å². The van der Waals surface area contributed by atoms with Crippen LogP contribution in [0.1, 0.15) is 16.8 Å². The molecule has 2 aromatic carbocycles. The number of piperidine rings is 1. The van der Waals surface area contributed by atoms with Gasteiger partial charge in [-0.2, -0.15) is 0 Å². The van der Waals surface area contributed by atoms with Crippen molar-refractivity contribution in [2.24, 2.45) is 0 Å². The Bertz CT molecular complexity index is 1030. The van der Waals surface area contributed by atoms with Gasteiger partial charge in [0.25, 0.3) is 11.8 Å². The number of phenolic OH excluding ortho intramolecular Hbond substituents is 1. The lowest BCUT2D eigenvalue weighted by molar-refractivity contribution is -0.131. The maximum Gasteiger partial charge on any atom is 0.287 e. The number of carbonyl (C=O) groups excluding carboxylic acids is 1. The third-order valence-electron chi connectivity index (χ3n) is 4.79. The molecule has 1 saturated heterocycles. The first-order valence-electron chi connectivity index (χ1n) is 8.91. The summed E-state index contributed by atoms with van der Waals surface area (Å²) in [4.78, 5) is 18.2. The lowest BCUT2D eigenvalue weighted by Crippen LogP contribution is -2.55. The molecular weight excluding hydrogens is 366 g/mol. The number of fused-ring (bicyclic) bond motifs is 1. The highest BCUT2D eigenvalue weighted by Crippen LogP contribution is 2.32. The van der Waals surface area contributed by atoms with Gasteiger partial charge in [-0.25, -0.2) is 13.8 Å². The molecule has 1 aliphatic rings. The van der Waals surface area contributed by atoms with Gasteiger partial charge in [-0.15, -0.1) is 0 Å². The monoisotopic (exact) mass is 384 g/mol. The predicted octanol–water partition coefficient (Wildman–Crippen LogP) is 3.87. The van der Waals surface area contributed by atoms with E-state index in [0.29, 0.717) is 5.52 Å². The Hall–Kier alpha value is -3.22. The van der Waals surface area contributed by atoms with E-state index < -0.39 is 24.4 Å². The minimum Gasteiger partial charge on any atom is -0.508 e. The first kappa shape index (κ1) is 18.2.